The molecular formula is C24H23N7O. The topological polar surface area (TPSA) is 112 Å². The fraction of sp³-hybridized carbons (Fsp3) is 0.375. The van der Waals surface area contributed by atoms with E-state index in [9.17, 15) is 5.26 Å². The highest BCUT2D eigenvalue weighted by atomic mass is 16.5. The third-order valence-corrected chi connectivity index (χ3v) is 6.62. The standard InChI is InChI=1S/C24H23N7O/c1-14-8-17(6-5-7-25)9-15(2)19(14)32-21-18-16(3)31(4)30-20(18)27-22(28-21)29-24-10-23(11-24,12-24)13-26/h5-6,8-9H,10-12H2,1-4H3,(H,27,29,30)/b6-5+. The van der Waals surface area contributed by atoms with Gasteiger partial charge in [-0.3, -0.25) is 4.68 Å². The van der Waals surface area contributed by atoms with Crippen molar-refractivity contribution in [3.05, 3.63) is 40.6 Å². The van der Waals surface area contributed by atoms with Gasteiger partial charge in [0.25, 0.3) is 0 Å². The Kier molecular flexibility index (Phi) is 4.25. The summed E-state index contributed by atoms with van der Waals surface area (Å²) in [5, 5.41) is 26.9. The Balaban J connectivity index is 1.53. The van der Waals surface area contributed by atoms with Crippen LogP contribution in [0.1, 0.15) is 41.6 Å². The number of aryl methyl sites for hydroxylation is 4. The lowest BCUT2D eigenvalue weighted by Crippen LogP contribution is -2.70. The molecule has 8 nitrogen and oxygen atoms in total. The fourth-order valence-corrected chi connectivity index (χ4v) is 5.07. The lowest BCUT2D eigenvalue weighted by Gasteiger charge is -2.66. The minimum Gasteiger partial charge on any atom is -0.437 e. The molecule has 0 aliphatic heterocycles. The summed E-state index contributed by atoms with van der Waals surface area (Å²) in [5.74, 6) is 1.65. The molecule has 0 spiro atoms. The molecule has 0 amide bonds. The highest BCUT2D eigenvalue weighted by Gasteiger charge is 2.69. The summed E-state index contributed by atoms with van der Waals surface area (Å²) in [5.41, 5.74) is 4.07. The molecule has 2 heterocycles. The Morgan fingerprint density at radius 3 is 2.44 bits per heavy atom. The van der Waals surface area contributed by atoms with Gasteiger partial charge in [-0.2, -0.15) is 25.6 Å². The number of benzene rings is 1. The Hall–Kier alpha value is -3.91. The summed E-state index contributed by atoms with van der Waals surface area (Å²) in [6.07, 6.45) is 5.71. The maximum absolute atomic E-state index is 9.30. The average Bonchev–Trinajstić information content (AvgIpc) is 2.98. The number of fused-ring (bicyclic) bond motifs is 1. The molecule has 1 N–H and O–H groups in total. The summed E-state index contributed by atoms with van der Waals surface area (Å²) in [4.78, 5) is 9.36. The second kappa shape index (κ2) is 6.80. The van der Waals surface area contributed by atoms with E-state index in [4.69, 9.17) is 15.0 Å². The van der Waals surface area contributed by atoms with Crippen molar-refractivity contribution in [2.45, 2.75) is 45.6 Å². The highest BCUT2D eigenvalue weighted by molar-refractivity contribution is 5.84. The van der Waals surface area contributed by atoms with E-state index in [0.29, 0.717) is 17.5 Å². The van der Waals surface area contributed by atoms with E-state index < -0.39 is 0 Å². The zero-order valence-electron chi connectivity index (χ0n) is 18.5. The average molecular weight is 425 g/mol. The van der Waals surface area contributed by atoms with Crippen LogP contribution in [0, 0.1) is 48.8 Å². The molecule has 1 aromatic carbocycles. The van der Waals surface area contributed by atoms with Crippen molar-refractivity contribution in [1.82, 2.24) is 19.7 Å². The van der Waals surface area contributed by atoms with Gasteiger partial charge in [-0.15, -0.1) is 0 Å². The van der Waals surface area contributed by atoms with Crippen molar-refractivity contribution in [2.24, 2.45) is 12.5 Å². The van der Waals surface area contributed by atoms with Crippen molar-refractivity contribution in [2.75, 3.05) is 5.32 Å². The van der Waals surface area contributed by atoms with Crippen molar-refractivity contribution in [3.8, 4) is 23.8 Å². The molecular weight excluding hydrogens is 402 g/mol. The van der Waals surface area contributed by atoms with Gasteiger partial charge in [0.15, 0.2) is 5.65 Å². The molecule has 0 radical (unpaired) electrons. The first-order valence-electron chi connectivity index (χ1n) is 10.5. The summed E-state index contributed by atoms with van der Waals surface area (Å²) in [6.45, 7) is 5.91. The van der Waals surface area contributed by atoms with Crippen LogP contribution in [0.2, 0.25) is 0 Å². The zero-order chi connectivity index (χ0) is 22.7. The van der Waals surface area contributed by atoms with Crippen LogP contribution in [0.5, 0.6) is 11.6 Å². The second-order valence-corrected chi connectivity index (χ2v) is 9.14. The van der Waals surface area contributed by atoms with E-state index in [1.807, 2.05) is 46.0 Å². The highest BCUT2D eigenvalue weighted by Crippen LogP contribution is 2.67. The quantitative estimate of drug-likeness (QED) is 0.600. The molecule has 3 aromatic rings. The van der Waals surface area contributed by atoms with Crippen LogP contribution in [0.3, 0.4) is 0 Å². The molecule has 3 saturated carbocycles. The number of nitrogens with one attached hydrogen (secondary N) is 1. The smallest absolute Gasteiger partial charge is 0.235 e. The van der Waals surface area contributed by atoms with Gasteiger partial charge in [-0.05, 0) is 74.9 Å². The Morgan fingerprint density at radius 2 is 1.81 bits per heavy atom. The van der Waals surface area contributed by atoms with E-state index >= 15 is 0 Å². The van der Waals surface area contributed by atoms with Crippen LogP contribution in [0.4, 0.5) is 5.95 Å². The van der Waals surface area contributed by atoms with Crippen LogP contribution in [-0.4, -0.2) is 25.3 Å². The molecule has 0 atom stereocenters. The van der Waals surface area contributed by atoms with Gasteiger partial charge in [-0.25, -0.2) is 0 Å². The molecule has 8 heteroatoms. The van der Waals surface area contributed by atoms with E-state index in [0.717, 1.165) is 52.8 Å². The molecule has 0 unspecified atom stereocenters. The number of nitrogens with zero attached hydrogens (tertiary/aromatic N) is 6. The molecule has 32 heavy (non-hydrogen) atoms. The van der Waals surface area contributed by atoms with Gasteiger partial charge in [-0.1, -0.05) is 0 Å². The van der Waals surface area contributed by atoms with Gasteiger partial charge >= 0.3 is 0 Å². The van der Waals surface area contributed by atoms with Gasteiger partial charge in [0.05, 0.1) is 23.2 Å². The van der Waals surface area contributed by atoms with Crippen molar-refractivity contribution >= 4 is 23.1 Å². The van der Waals surface area contributed by atoms with E-state index in [2.05, 4.69) is 21.5 Å². The van der Waals surface area contributed by atoms with Crippen LogP contribution in [0.25, 0.3) is 17.1 Å². The van der Waals surface area contributed by atoms with Crippen LogP contribution in [-0.2, 0) is 7.05 Å². The molecule has 2 aromatic heterocycles. The lowest BCUT2D eigenvalue weighted by molar-refractivity contribution is -0.0665. The molecule has 160 valence electrons. The largest absolute Gasteiger partial charge is 0.437 e. The van der Waals surface area contributed by atoms with Gasteiger partial charge in [0.2, 0.25) is 11.8 Å². The first-order valence-corrected chi connectivity index (χ1v) is 10.5. The minimum atomic E-state index is -0.159. The van der Waals surface area contributed by atoms with Crippen molar-refractivity contribution in [3.63, 3.8) is 0 Å². The molecule has 6 rings (SSSR count). The monoisotopic (exact) mass is 425 g/mol. The van der Waals surface area contributed by atoms with Crippen molar-refractivity contribution in [1.29, 1.82) is 10.5 Å². The van der Waals surface area contributed by atoms with Gasteiger partial charge in [0.1, 0.15) is 11.1 Å². The first-order chi connectivity index (χ1) is 15.3. The Labute approximate surface area is 186 Å². The molecule has 2 bridgehead atoms. The number of allylic oxidation sites excluding steroid dienone is 1. The Bertz CT molecular complexity index is 1340. The Morgan fingerprint density at radius 1 is 1.12 bits per heavy atom. The SMILES string of the molecule is Cc1cc(/C=C/C#N)cc(C)c1Oc1nc(NC23CC(C#N)(C2)C3)nc2nn(C)c(C)c12. The fourth-order valence-electron chi connectivity index (χ4n) is 5.07. The third kappa shape index (κ3) is 2.99. The molecule has 0 saturated heterocycles. The number of aromatic nitrogens is 4. The minimum absolute atomic E-state index is 0.0922. The zero-order valence-corrected chi connectivity index (χ0v) is 18.5. The number of rotatable bonds is 5. The number of anilines is 1. The molecule has 3 aliphatic carbocycles. The van der Waals surface area contributed by atoms with E-state index in [1.54, 1.807) is 10.8 Å². The number of ether oxygens (including phenoxy) is 1. The summed E-state index contributed by atoms with van der Waals surface area (Å²) < 4.78 is 8.16. The second-order valence-electron chi connectivity index (χ2n) is 9.14. The normalized spacial score (nSPS) is 23.3. The number of hydrogen-bond acceptors (Lipinski definition) is 7. The predicted molar refractivity (Wildman–Crippen MR) is 120 cm³/mol. The van der Waals surface area contributed by atoms with Crippen LogP contribution >= 0.6 is 0 Å². The maximum Gasteiger partial charge on any atom is 0.235 e. The number of nitriles is 2. The van der Waals surface area contributed by atoms with Crippen LogP contribution < -0.4 is 10.1 Å². The van der Waals surface area contributed by atoms with E-state index in [1.165, 1.54) is 6.08 Å². The lowest BCUT2D eigenvalue weighted by atomic mass is 9.40. The van der Waals surface area contributed by atoms with Crippen LogP contribution in [0.15, 0.2) is 18.2 Å². The van der Waals surface area contributed by atoms with Crippen molar-refractivity contribution < 1.29 is 4.74 Å². The predicted octanol–water partition coefficient (Wildman–Crippen LogP) is 4.48. The van der Waals surface area contributed by atoms with Gasteiger partial charge < -0.3 is 10.1 Å². The first kappa shape index (κ1) is 20.0. The van der Waals surface area contributed by atoms with Gasteiger partial charge in [0, 0.05) is 18.7 Å². The molecule has 3 aliphatic rings. The third-order valence-electron chi connectivity index (χ3n) is 6.62. The summed E-state index contributed by atoms with van der Waals surface area (Å²) >= 11 is 0. The van der Waals surface area contributed by atoms with E-state index in [-0.39, 0.29) is 11.0 Å². The summed E-state index contributed by atoms with van der Waals surface area (Å²) in [6, 6.07) is 8.40. The summed E-state index contributed by atoms with van der Waals surface area (Å²) in [7, 11) is 1.87. The maximum atomic E-state index is 9.30. The number of hydrogen-bond donors (Lipinski definition) is 1. The molecule has 3 fully saturated rings.